The van der Waals surface area contributed by atoms with Gasteiger partial charge in [-0.05, 0) is 42.9 Å². The van der Waals surface area contributed by atoms with E-state index in [1.165, 1.54) is 25.0 Å². The average Bonchev–Trinajstić information content (AvgIpc) is 3.33. The van der Waals surface area contributed by atoms with E-state index in [0.717, 1.165) is 12.1 Å². The Bertz CT molecular complexity index is 569. The summed E-state index contributed by atoms with van der Waals surface area (Å²) in [5.74, 6) is 0.0625. The van der Waals surface area contributed by atoms with Gasteiger partial charge in [0.1, 0.15) is 5.82 Å². The molecule has 22 heavy (non-hydrogen) atoms. The van der Waals surface area contributed by atoms with Crippen LogP contribution in [0.5, 0.6) is 0 Å². The van der Waals surface area contributed by atoms with Crippen LogP contribution < -0.4 is 5.32 Å². The molecule has 2 amide bonds. The third-order valence-corrected chi connectivity index (χ3v) is 4.67. The number of benzene rings is 1. The summed E-state index contributed by atoms with van der Waals surface area (Å²) in [5, 5.41) is 3.01. The van der Waals surface area contributed by atoms with Crippen LogP contribution in [0.3, 0.4) is 0 Å². The first-order chi connectivity index (χ1) is 10.6. The summed E-state index contributed by atoms with van der Waals surface area (Å²) >= 11 is 0. The minimum Gasteiger partial charge on any atom is -0.356 e. The number of hydrogen-bond acceptors (Lipinski definition) is 2. The quantitative estimate of drug-likeness (QED) is 0.927. The molecule has 2 atom stereocenters. The number of piperidine rings is 1. The maximum atomic E-state index is 13.1. The smallest absolute Gasteiger partial charge is 0.225 e. The largest absolute Gasteiger partial charge is 0.356 e. The molecule has 1 aromatic rings. The molecular formula is C17H21FN2O2. The predicted molar refractivity (Wildman–Crippen MR) is 80.4 cm³/mol. The fraction of sp³-hybridized carbons (Fsp3) is 0.529. The first kappa shape index (κ1) is 15.0. The van der Waals surface area contributed by atoms with Gasteiger partial charge in [0, 0.05) is 20.0 Å². The van der Waals surface area contributed by atoms with Crippen LogP contribution in [0.2, 0.25) is 0 Å². The van der Waals surface area contributed by atoms with Gasteiger partial charge in [-0.3, -0.25) is 9.59 Å². The van der Waals surface area contributed by atoms with Gasteiger partial charge < -0.3 is 10.2 Å². The van der Waals surface area contributed by atoms with Crippen LogP contribution in [0, 0.1) is 17.7 Å². The molecule has 1 saturated carbocycles. The lowest BCUT2D eigenvalue weighted by molar-refractivity contribution is -0.141. The van der Waals surface area contributed by atoms with Crippen molar-refractivity contribution in [2.75, 3.05) is 13.6 Å². The van der Waals surface area contributed by atoms with Gasteiger partial charge in [-0.2, -0.15) is 0 Å². The fourth-order valence-corrected chi connectivity index (χ4v) is 3.13. The normalized spacial score (nSPS) is 25.2. The Labute approximate surface area is 129 Å². The number of rotatable bonds is 4. The van der Waals surface area contributed by atoms with E-state index in [2.05, 4.69) is 5.32 Å². The molecular weight excluding hydrogens is 283 g/mol. The van der Waals surface area contributed by atoms with Crippen molar-refractivity contribution in [3.8, 4) is 0 Å². The average molecular weight is 304 g/mol. The monoisotopic (exact) mass is 304 g/mol. The Kier molecular flexibility index (Phi) is 4.14. The molecule has 5 heteroatoms. The van der Waals surface area contributed by atoms with Gasteiger partial charge in [-0.1, -0.05) is 12.1 Å². The summed E-state index contributed by atoms with van der Waals surface area (Å²) in [7, 11) is 1.72. The van der Waals surface area contributed by atoms with E-state index in [0.29, 0.717) is 18.8 Å². The highest BCUT2D eigenvalue weighted by Gasteiger charge is 2.39. The van der Waals surface area contributed by atoms with E-state index >= 15 is 0 Å². The zero-order valence-corrected chi connectivity index (χ0v) is 12.7. The van der Waals surface area contributed by atoms with Crippen molar-refractivity contribution in [3.63, 3.8) is 0 Å². The summed E-state index contributed by atoms with van der Waals surface area (Å²) in [6.07, 6.45) is 3.30. The summed E-state index contributed by atoms with van der Waals surface area (Å²) in [4.78, 5) is 26.1. The van der Waals surface area contributed by atoms with Crippen LogP contribution in [-0.4, -0.2) is 30.3 Å². The molecule has 0 spiro atoms. The maximum absolute atomic E-state index is 13.1. The zero-order valence-electron chi connectivity index (χ0n) is 12.7. The fourth-order valence-electron chi connectivity index (χ4n) is 3.13. The maximum Gasteiger partial charge on any atom is 0.225 e. The molecule has 1 aliphatic heterocycles. The SMILES string of the molecule is CN1C(=O)CCC(C(=O)NCC2CC2)C1c1ccc(F)cc1. The van der Waals surface area contributed by atoms with Gasteiger partial charge in [0.25, 0.3) is 0 Å². The van der Waals surface area contributed by atoms with Crippen LogP contribution in [0.4, 0.5) is 4.39 Å². The standard InChI is InChI=1S/C17H21FN2O2/c1-20-15(21)9-8-14(17(22)19-10-11-2-3-11)16(20)12-4-6-13(18)7-5-12/h4-7,11,14,16H,2-3,8-10H2,1H3,(H,19,22). The molecule has 0 aromatic heterocycles. The second-order valence-electron chi connectivity index (χ2n) is 6.33. The molecule has 2 aliphatic rings. The van der Waals surface area contributed by atoms with Crippen molar-refractivity contribution in [1.29, 1.82) is 0 Å². The molecule has 1 heterocycles. The van der Waals surface area contributed by atoms with Crippen molar-refractivity contribution < 1.29 is 14.0 Å². The van der Waals surface area contributed by atoms with E-state index in [1.807, 2.05) is 0 Å². The zero-order chi connectivity index (χ0) is 15.7. The Hall–Kier alpha value is -1.91. The third-order valence-electron chi connectivity index (χ3n) is 4.67. The molecule has 4 nitrogen and oxygen atoms in total. The molecule has 1 aliphatic carbocycles. The first-order valence-electron chi connectivity index (χ1n) is 7.85. The number of amides is 2. The topological polar surface area (TPSA) is 49.4 Å². The highest BCUT2D eigenvalue weighted by Crippen LogP contribution is 2.36. The highest BCUT2D eigenvalue weighted by atomic mass is 19.1. The van der Waals surface area contributed by atoms with Gasteiger partial charge in [0.05, 0.1) is 12.0 Å². The minimum atomic E-state index is -0.318. The van der Waals surface area contributed by atoms with Crippen molar-refractivity contribution in [2.45, 2.75) is 31.7 Å². The van der Waals surface area contributed by atoms with Gasteiger partial charge in [0.2, 0.25) is 11.8 Å². The number of halogens is 1. The third kappa shape index (κ3) is 3.13. The van der Waals surface area contributed by atoms with Crippen molar-refractivity contribution in [3.05, 3.63) is 35.6 Å². The van der Waals surface area contributed by atoms with Crippen molar-refractivity contribution >= 4 is 11.8 Å². The molecule has 0 radical (unpaired) electrons. The van der Waals surface area contributed by atoms with Crippen LogP contribution in [0.1, 0.15) is 37.3 Å². The molecule has 2 fully saturated rings. The highest BCUT2D eigenvalue weighted by molar-refractivity contribution is 5.84. The van der Waals surface area contributed by atoms with E-state index in [9.17, 15) is 14.0 Å². The number of hydrogen-bond donors (Lipinski definition) is 1. The number of likely N-dealkylation sites (tertiary alicyclic amines) is 1. The first-order valence-corrected chi connectivity index (χ1v) is 7.85. The molecule has 118 valence electrons. The Balaban J connectivity index is 1.80. The van der Waals surface area contributed by atoms with Crippen LogP contribution in [0.25, 0.3) is 0 Å². The lowest BCUT2D eigenvalue weighted by Crippen LogP contribution is -2.46. The lowest BCUT2D eigenvalue weighted by Gasteiger charge is -2.38. The summed E-state index contributed by atoms with van der Waals surface area (Å²) in [6.45, 7) is 0.725. The predicted octanol–water partition coefficient (Wildman–Crippen LogP) is 2.26. The van der Waals surface area contributed by atoms with E-state index in [-0.39, 0.29) is 29.6 Å². The second kappa shape index (κ2) is 6.07. The van der Waals surface area contributed by atoms with Gasteiger partial charge >= 0.3 is 0 Å². The summed E-state index contributed by atoms with van der Waals surface area (Å²) in [5.41, 5.74) is 0.809. The van der Waals surface area contributed by atoms with Crippen LogP contribution in [0.15, 0.2) is 24.3 Å². The molecule has 1 N–H and O–H groups in total. The van der Waals surface area contributed by atoms with E-state index in [1.54, 1.807) is 24.1 Å². The van der Waals surface area contributed by atoms with Crippen LogP contribution in [-0.2, 0) is 9.59 Å². The Morgan fingerprint density at radius 2 is 1.95 bits per heavy atom. The van der Waals surface area contributed by atoms with Gasteiger partial charge in [-0.15, -0.1) is 0 Å². The number of nitrogens with one attached hydrogen (secondary N) is 1. The number of nitrogens with zero attached hydrogens (tertiary/aromatic N) is 1. The molecule has 2 unspecified atom stereocenters. The van der Waals surface area contributed by atoms with Gasteiger partial charge in [0.15, 0.2) is 0 Å². The van der Waals surface area contributed by atoms with Gasteiger partial charge in [-0.25, -0.2) is 4.39 Å². The van der Waals surface area contributed by atoms with Crippen molar-refractivity contribution in [1.82, 2.24) is 10.2 Å². The molecule has 1 aromatic carbocycles. The van der Waals surface area contributed by atoms with E-state index in [4.69, 9.17) is 0 Å². The second-order valence-corrected chi connectivity index (χ2v) is 6.33. The minimum absolute atomic E-state index is 0.000532. The summed E-state index contributed by atoms with van der Waals surface area (Å²) < 4.78 is 13.1. The Morgan fingerprint density at radius 3 is 2.59 bits per heavy atom. The number of carbonyl (C=O) groups excluding carboxylic acids is 2. The Morgan fingerprint density at radius 1 is 1.27 bits per heavy atom. The number of carbonyl (C=O) groups is 2. The van der Waals surface area contributed by atoms with Crippen LogP contribution >= 0.6 is 0 Å². The van der Waals surface area contributed by atoms with Crippen molar-refractivity contribution in [2.24, 2.45) is 11.8 Å². The lowest BCUT2D eigenvalue weighted by atomic mass is 9.84. The molecule has 0 bridgehead atoms. The van der Waals surface area contributed by atoms with E-state index < -0.39 is 0 Å². The summed E-state index contributed by atoms with van der Waals surface area (Å²) in [6, 6.07) is 5.76. The molecule has 1 saturated heterocycles. The molecule has 3 rings (SSSR count).